The van der Waals surface area contributed by atoms with Crippen molar-refractivity contribution in [1.82, 2.24) is 20.4 Å². The summed E-state index contributed by atoms with van der Waals surface area (Å²) in [5, 5.41) is 7.25. The molecule has 7 nitrogen and oxygen atoms in total. The minimum Gasteiger partial charge on any atom is -0.371 e. The van der Waals surface area contributed by atoms with E-state index in [1.54, 1.807) is 7.05 Å². The number of likely N-dealkylation sites (tertiary alicyclic amines) is 1. The first-order valence-corrected chi connectivity index (χ1v) is 8.03. The Morgan fingerprint density at radius 3 is 2.78 bits per heavy atom. The molecular formula is C15H28IN5O2. The molecule has 1 aliphatic heterocycles. The normalized spacial score (nSPS) is 17.7. The van der Waals surface area contributed by atoms with Crippen LogP contribution < -0.4 is 5.32 Å². The van der Waals surface area contributed by atoms with Gasteiger partial charge in [-0.2, -0.15) is 4.98 Å². The van der Waals surface area contributed by atoms with Crippen LogP contribution >= 0.6 is 24.0 Å². The predicted octanol–water partition coefficient (Wildman–Crippen LogP) is 2.59. The molecule has 1 atom stereocenters. The van der Waals surface area contributed by atoms with E-state index < -0.39 is 0 Å². The second-order valence-corrected chi connectivity index (χ2v) is 5.71. The lowest BCUT2D eigenvalue weighted by atomic mass is 10.00. The van der Waals surface area contributed by atoms with Crippen LogP contribution in [0, 0.1) is 5.92 Å². The SMILES string of the molecule is CCOC(C)c1noc(CNC(=NC)N2CCC(C)CC2)n1.I. The van der Waals surface area contributed by atoms with Gasteiger partial charge in [-0.1, -0.05) is 12.1 Å². The van der Waals surface area contributed by atoms with Crippen molar-refractivity contribution in [1.29, 1.82) is 0 Å². The molecule has 0 bridgehead atoms. The van der Waals surface area contributed by atoms with Crippen molar-refractivity contribution in [2.75, 3.05) is 26.7 Å². The van der Waals surface area contributed by atoms with Crippen LogP contribution in [0.2, 0.25) is 0 Å². The standard InChI is InChI=1S/C15H27N5O2.HI/c1-5-21-12(3)14-18-13(22-19-14)10-17-15(16-4)20-8-6-11(2)7-9-20;/h11-12H,5-10H2,1-4H3,(H,16,17);1H. The molecule has 1 aromatic rings. The summed E-state index contributed by atoms with van der Waals surface area (Å²) in [7, 11) is 1.80. The molecule has 0 amide bonds. The van der Waals surface area contributed by atoms with Crippen molar-refractivity contribution >= 4 is 29.9 Å². The smallest absolute Gasteiger partial charge is 0.246 e. The van der Waals surface area contributed by atoms with Crippen molar-refractivity contribution in [2.24, 2.45) is 10.9 Å². The van der Waals surface area contributed by atoms with E-state index >= 15 is 0 Å². The first kappa shape index (κ1) is 20.1. The Labute approximate surface area is 155 Å². The molecule has 0 aliphatic carbocycles. The highest BCUT2D eigenvalue weighted by atomic mass is 127. The fourth-order valence-corrected chi connectivity index (χ4v) is 2.54. The van der Waals surface area contributed by atoms with Crippen molar-refractivity contribution < 1.29 is 9.26 Å². The molecule has 2 heterocycles. The first-order chi connectivity index (χ1) is 10.6. The van der Waals surface area contributed by atoms with E-state index in [-0.39, 0.29) is 30.1 Å². The van der Waals surface area contributed by atoms with Gasteiger partial charge in [-0.3, -0.25) is 4.99 Å². The number of nitrogens with one attached hydrogen (secondary N) is 1. The Morgan fingerprint density at radius 2 is 2.17 bits per heavy atom. The highest BCUT2D eigenvalue weighted by Crippen LogP contribution is 2.16. The van der Waals surface area contributed by atoms with Gasteiger partial charge in [0.05, 0.1) is 6.54 Å². The maximum Gasteiger partial charge on any atom is 0.246 e. The number of halogens is 1. The van der Waals surface area contributed by atoms with Gasteiger partial charge in [0.15, 0.2) is 11.8 Å². The molecule has 1 aliphatic rings. The zero-order valence-corrected chi connectivity index (χ0v) is 16.7. The van der Waals surface area contributed by atoms with Crippen molar-refractivity contribution in [3.8, 4) is 0 Å². The molecule has 0 aromatic carbocycles. The number of aliphatic imine (C=N–C) groups is 1. The number of guanidine groups is 1. The van der Waals surface area contributed by atoms with Gasteiger partial charge in [0.2, 0.25) is 5.89 Å². The number of ether oxygens (including phenoxy) is 1. The summed E-state index contributed by atoms with van der Waals surface area (Å²) in [4.78, 5) is 11.0. The third-order valence-electron chi connectivity index (χ3n) is 3.96. The molecule has 0 saturated carbocycles. The van der Waals surface area contributed by atoms with E-state index in [1.807, 2.05) is 13.8 Å². The minimum absolute atomic E-state index is 0. The summed E-state index contributed by atoms with van der Waals surface area (Å²) >= 11 is 0. The lowest BCUT2D eigenvalue weighted by Gasteiger charge is -2.32. The predicted molar refractivity (Wildman–Crippen MR) is 99.9 cm³/mol. The van der Waals surface area contributed by atoms with E-state index in [9.17, 15) is 0 Å². The van der Waals surface area contributed by atoms with Crippen molar-refractivity contribution in [3.63, 3.8) is 0 Å². The summed E-state index contributed by atoms with van der Waals surface area (Å²) < 4.78 is 10.7. The number of piperidine rings is 1. The first-order valence-electron chi connectivity index (χ1n) is 8.03. The third-order valence-corrected chi connectivity index (χ3v) is 3.96. The summed E-state index contributed by atoms with van der Waals surface area (Å²) in [6.45, 7) is 9.34. The number of aromatic nitrogens is 2. The lowest BCUT2D eigenvalue weighted by Crippen LogP contribution is -2.45. The van der Waals surface area contributed by atoms with Crippen molar-refractivity contribution in [2.45, 2.75) is 46.3 Å². The molecule has 0 spiro atoms. The highest BCUT2D eigenvalue weighted by molar-refractivity contribution is 14.0. The van der Waals surface area contributed by atoms with Crippen LogP contribution in [0.5, 0.6) is 0 Å². The zero-order chi connectivity index (χ0) is 15.9. The molecule has 1 aromatic heterocycles. The fourth-order valence-electron chi connectivity index (χ4n) is 2.54. The van der Waals surface area contributed by atoms with Crippen LogP contribution in [0.1, 0.15) is 51.4 Å². The fraction of sp³-hybridized carbons (Fsp3) is 0.800. The molecular weight excluding hydrogens is 409 g/mol. The Hall–Kier alpha value is -0.900. The Bertz CT molecular complexity index is 486. The monoisotopic (exact) mass is 437 g/mol. The lowest BCUT2D eigenvalue weighted by molar-refractivity contribution is 0.0683. The Kier molecular flexibility index (Phi) is 8.82. The molecule has 8 heteroatoms. The van der Waals surface area contributed by atoms with Gasteiger partial charge in [-0.05, 0) is 32.6 Å². The van der Waals surface area contributed by atoms with Crippen LogP contribution in [-0.4, -0.2) is 47.7 Å². The average molecular weight is 437 g/mol. The van der Waals surface area contributed by atoms with Crippen LogP contribution in [0.25, 0.3) is 0 Å². The molecule has 1 N–H and O–H groups in total. The van der Waals surface area contributed by atoms with Gasteiger partial charge in [-0.15, -0.1) is 24.0 Å². The second-order valence-electron chi connectivity index (χ2n) is 5.71. The third kappa shape index (κ3) is 5.91. The van der Waals surface area contributed by atoms with Crippen LogP contribution in [0.4, 0.5) is 0 Å². The van der Waals surface area contributed by atoms with Crippen LogP contribution in [-0.2, 0) is 11.3 Å². The summed E-state index contributed by atoms with van der Waals surface area (Å²) in [6, 6.07) is 0. The molecule has 1 saturated heterocycles. The number of hydrogen-bond donors (Lipinski definition) is 1. The average Bonchev–Trinajstić information content (AvgIpc) is 2.99. The Balaban J connectivity index is 0.00000264. The second kappa shape index (κ2) is 10.1. The molecule has 132 valence electrons. The van der Waals surface area contributed by atoms with Crippen LogP contribution in [0.3, 0.4) is 0 Å². The molecule has 2 rings (SSSR count). The van der Waals surface area contributed by atoms with E-state index in [2.05, 4.69) is 32.3 Å². The van der Waals surface area contributed by atoms with E-state index in [1.165, 1.54) is 12.8 Å². The summed E-state index contributed by atoms with van der Waals surface area (Å²) in [6.07, 6.45) is 2.26. The van der Waals surface area contributed by atoms with E-state index in [0.717, 1.165) is 25.0 Å². The van der Waals surface area contributed by atoms with Gasteiger partial charge in [-0.25, -0.2) is 0 Å². The largest absolute Gasteiger partial charge is 0.371 e. The van der Waals surface area contributed by atoms with Gasteiger partial charge < -0.3 is 19.5 Å². The number of hydrogen-bond acceptors (Lipinski definition) is 5. The highest BCUT2D eigenvalue weighted by Gasteiger charge is 2.19. The molecule has 0 radical (unpaired) electrons. The topological polar surface area (TPSA) is 75.8 Å². The van der Waals surface area contributed by atoms with Gasteiger partial charge in [0, 0.05) is 26.7 Å². The van der Waals surface area contributed by atoms with Crippen LogP contribution in [0.15, 0.2) is 9.52 Å². The van der Waals surface area contributed by atoms with E-state index in [4.69, 9.17) is 9.26 Å². The quantitative estimate of drug-likeness (QED) is 0.434. The maximum absolute atomic E-state index is 5.46. The van der Waals surface area contributed by atoms with Gasteiger partial charge >= 0.3 is 0 Å². The number of rotatable bonds is 5. The summed E-state index contributed by atoms with van der Waals surface area (Å²) in [5.41, 5.74) is 0. The van der Waals surface area contributed by atoms with Gasteiger partial charge in [0.1, 0.15) is 6.10 Å². The maximum atomic E-state index is 5.46. The summed E-state index contributed by atoms with van der Waals surface area (Å²) in [5.74, 6) is 2.82. The molecule has 23 heavy (non-hydrogen) atoms. The number of nitrogens with zero attached hydrogens (tertiary/aromatic N) is 4. The van der Waals surface area contributed by atoms with Crippen molar-refractivity contribution in [3.05, 3.63) is 11.7 Å². The zero-order valence-electron chi connectivity index (χ0n) is 14.4. The Morgan fingerprint density at radius 1 is 1.48 bits per heavy atom. The van der Waals surface area contributed by atoms with E-state index in [0.29, 0.717) is 24.9 Å². The minimum atomic E-state index is -0.148. The molecule has 1 fully saturated rings. The van der Waals surface area contributed by atoms with Gasteiger partial charge in [0.25, 0.3) is 0 Å². The molecule has 1 unspecified atom stereocenters.